The van der Waals surface area contributed by atoms with Crippen molar-refractivity contribution in [3.05, 3.63) is 59.7 Å². The van der Waals surface area contributed by atoms with E-state index in [1.165, 1.54) is 24.3 Å². The Bertz CT molecular complexity index is 748. The molecular formula is C14H14F2N2O2S. The van der Waals surface area contributed by atoms with Crippen molar-refractivity contribution in [1.82, 2.24) is 4.72 Å². The Morgan fingerprint density at radius 1 is 1.10 bits per heavy atom. The van der Waals surface area contributed by atoms with E-state index in [2.05, 4.69) is 4.72 Å². The summed E-state index contributed by atoms with van der Waals surface area (Å²) in [5.74, 6) is -1.26. The van der Waals surface area contributed by atoms with E-state index in [1.807, 2.05) is 0 Å². The lowest BCUT2D eigenvalue weighted by Gasteiger charge is -2.08. The number of benzene rings is 2. The summed E-state index contributed by atoms with van der Waals surface area (Å²) in [6.45, 7) is 0.0278. The third-order valence-corrected chi connectivity index (χ3v) is 4.32. The molecule has 2 aromatic rings. The van der Waals surface area contributed by atoms with Crippen molar-refractivity contribution in [2.45, 2.75) is 11.3 Å². The first-order valence-corrected chi connectivity index (χ1v) is 7.66. The molecule has 0 unspecified atom stereocenters. The molecule has 3 N–H and O–H groups in total. The molecule has 0 saturated carbocycles. The number of nitrogen functional groups attached to an aromatic ring is 1. The molecule has 0 spiro atoms. The first-order valence-electron chi connectivity index (χ1n) is 6.17. The number of anilines is 1. The molecule has 0 atom stereocenters. The molecule has 0 aliphatic carbocycles. The summed E-state index contributed by atoms with van der Waals surface area (Å²) in [6.07, 6.45) is 0.293. The summed E-state index contributed by atoms with van der Waals surface area (Å²) >= 11 is 0. The third-order valence-electron chi connectivity index (χ3n) is 2.84. The molecule has 0 heterocycles. The number of nitrogens with one attached hydrogen (secondary N) is 1. The zero-order chi connectivity index (χ0) is 15.5. The molecule has 0 amide bonds. The van der Waals surface area contributed by atoms with Gasteiger partial charge in [-0.3, -0.25) is 0 Å². The largest absolute Gasteiger partial charge is 0.399 e. The number of hydrogen-bond acceptors (Lipinski definition) is 3. The first kappa shape index (κ1) is 15.4. The Morgan fingerprint density at radius 3 is 2.57 bits per heavy atom. The minimum atomic E-state index is -3.99. The summed E-state index contributed by atoms with van der Waals surface area (Å²) in [6, 6.07) is 9.16. The number of halogens is 2. The number of hydrogen-bond donors (Lipinski definition) is 2. The number of nitrogens with two attached hydrogens (primary N) is 1. The molecule has 0 radical (unpaired) electrons. The van der Waals surface area contributed by atoms with E-state index in [1.54, 1.807) is 6.07 Å². The van der Waals surface area contributed by atoms with Crippen LogP contribution >= 0.6 is 0 Å². The minimum Gasteiger partial charge on any atom is -0.399 e. The molecule has 2 rings (SSSR count). The second-order valence-corrected chi connectivity index (χ2v) is 6.20. The smallest absolute Gasteiger partial charge is 0.243 e. The molecule has 0 saturated heterocycles. The summed E-state index contributed by atoms with van der Waals surface area (Å²) in [4.78, 5) is -0.498. The fourth-order valence-electron chi connectivity index (χ4n) is 1.83. The third kappa shape index (κ3) is 3.99. The van der Waals surface area contributed by atoms with Gasteiger partial charge < -0.3 is 5.73 Å². The number of sulfonamides is 1. The Kier molecular flexibility index (Phi) is 4.54. The Balaban J connectivity index is 2.06. The molecule has 0 bridgehead atoms. The zero-order valence-electron chi connectivity index (χ0n) is 11.0. The maximum atomic E-state index is 13.5. The van der Waals surface area contributed by atoms with E-state index in [-0.39, 0.29) is 12.2 Å². The molecule has 21 heavy (non-hydrogen) atoms. The summed E-state index contributed by atoms with van der Waals surface area (Å²) in [5, 5.41) is 0. The van der Waals surface area contributed by atoms with Crippen LogP contribution in [0.15, 0.2) is 47.4 Å². The van der Waals surface area contributed by atoms with Gasteiger partial charge in [0.15, 0.2) is 0 Å². The van der Waals surface area contributed by atoms with E-state index in [0.29, 0.717) is 12.0 Å². The van der Waals surface area contributed by atoms with E-state index in [4.69, 9.17) is 5.73 Å². The molecular weight excluding hydrogens is 298 g/mol. The van der Waals surface area contributed by atoms with Crippen molar-refractivity contribution in [3.63, 3.8) is 0 Å². The first-order chi connectivity index (χ1) is 9.88. The zero-order valence-corrected chi connectivity index (χ0v) is 11.8. The molecule has 0 aliphatic rings. The normalized spacial score (nSPS) is 11.5. The molecule has 0 fully saturated rings. The van der Waals surface area contributed by atoms with Gasteiger partial charge in [0, 0.05) is 12.2 Å². The predicted molar refractivity (Wildman–Crippen MR) is 76.1 cm³/mol. The Labute approximate surface area is 121 Å². The lowest BCUT2D eigenvalue weighted by Crippen LogP contribution is -2.27. The lowest BCUT2D eigenvalue weighted by atomic mass is 10.1. The van der Waals surface area contributed by atoms with Crippen molar-refractivity contribution < 1.29 is 17.2 Å². The van der Waals surface area contributed by atoms with Crippen LogP contribution in [0.1, 0.15) is 5.56 Å². The van der Waals surface area contributed by atoms with Crippen LogP contribution in [0.2, 0.25) is 0 Å². The van der Waals surface area contributed by atoms with Crippen molar-refractivity contribution >= 4 is 15.7 Å². The van der Waals surface area contributed by atoms with Crippen molar-refractivity contribution in [1.29, 1.82) is 0 Å². The van der Waals surface area contributed by atoms with Gasteiger partial charge in [0.25, 0.3) is 0 Å². The summed E-state index contributed by atoms with van der Waals surface area (Å²) < 4.78 is 52.8. The molecule has 112 valence electrons. The van der Waals surface area contributed by atoms with Crippen LogP contribution in [-0.4, -0.2) is 15.0 Å². The lowest BCUT2D eigenvalue weighted by molar-refractivity contribution is 0.557. The molecule has 4 nitrogen and oxygen atoms in total. The maximum Gasteiger partial charge on any atom is 0.243 e. The number of rotatable bonds is 5. The van der Waals surface area contributed by atoms with E-state index >= 15 is 0 Å². The maximum absolute atomic E-state index is 13.5. The van der Waals surface area contributed by atoms with Crippen LogP contribution in [-0.2, 0) is 16.4 Å². The highest BCUT2D eigenvalue weighted by Crippen LogP contribution is 2.17. The fraction of sp³-hybridized carbons (Fsp3) is 0.143. The Hall–Kier alpha value is -1.99. The molecule has 7 heteroatoms. The van der Waals surface area contributed by atoms with E-state index in [0.717, 1.165) is 12.1 Å². The fourth-order valence-corrected chi connectivity index (χ4v) is 2.97. The van der Waals surface area contributed by atoms with E-state index < -0.39 is 26.6 Å². The van der Waals surface area contributed by atoms with Gasteiger partial charge in [-0.25, -0.2) is 21.9 Å². The molecule has 0 aliphatic heterocycles. The van der Waals surface area contributed by atoms with Gasteiger partial charge >= 0.3 is 0 Å². The van der Waals surface area contributed by atoms with Crippen molar-refractivity contribution in [2.24, 2.45) is 0 Å². The van der Waals surface area contributed by atoms with Crippen LogP contribution in [0.25, 0.3) is 0 Å². The highest BCUT2D eigenvalue weighted by atomic mass is 32.2. The highest BCUT2D eigenvalue weighted by molar-refractivity contribution is 7.89. The highest BCUT2D eigenvalue weighted by Gasteiger charge is 2.18. The van der Waals surface area contributed by atoms with E-state index in [9.17, 15) is 17.2 Å². The van der Waals surface area contributed by atoms with Gasteiger partial charge in [-0.05, 0) is 42.3 Å². The average molecular weight is 312 g/mol. The van der Waals surface area contributed by atoms with Gasteiger partial charge in [-0.15, -0.1) is 0 Å². The quantitative estimate of drug-likeness (QED) is 0.830. The van der Waals surface area contributed by atoms with Crippen molar-refractivity contribution in [3.8, 4) is 0 Å². The van der Waals surface area contributed by atoms with Crippen LogP contribution in [0.4, 0.5) is 14.5 Å². The minimum absolute atomic E-state index is 0.0278. The monoisotopic (exact) mass is 312 g/mol. The topological polar surface area (TPSA) is 72.2 Å². The SMILES string of the molecule is Nc1ccc(F)c(S(=O)(=O)NCCc2cccc(F)c2)c1. The van der Waals surface area contributed by atoms with Crippen LogP contribution in [0, 0.1) is 11.6 Å². The average Bonchev–Trinajstić information content (AvgIpc) is 2.41. The van der Waals surface area contributed by atoms with Gasteiger partial charge in [0.05, 0.1) is 0 Å². The Morgan fingerprint density at radius 2 is 1.86 bits per heavy atom. The summed E-state index contributed by atoms with van der Waals surface area (Å²) in [5.41, 5.74) is 6.26. The predicted octanol–water partition coefficient (Wildman–Crippen LogP) is 2.07. The van der Waals surface area contributed by atoms with Gasteiger partial charge in [0.1, 0.15) is 16.5 Å². The second kappa shape index (κ2) is 6.19. The van der Waals surface area contributed by atoms with Crippen LogP contribution in [0.3, 0.4) is 0 Å². The van der Waals surface area contributed by atoms with Crippen LogP contribution in [0.5, 0.6) is 0 Å². The molecule has 0 aromatic heterocycles. The summed E-state index contributed by atoms with van der Waals surface area (Å²) in [7, 11) is -3.99. The molecule has 2 aromatic carbocycles. The van der Waals surface area contributed by atoms with Gasteiger partial charge in [-0.2, -0.15) is 0 Å². The van der Waals surface area contributed by atoms with Gasteiger partial charge in [0.2, 0.25) is 10.0 Å². The van der Waals surface area contributed by atoms with Crippen molar-refractivity contribution in [2.75, 3.05) is 12.3 Å². The standard InChI is InChI=1S/C14H14F2N2O2S/c15-11-3-1-2-10(8-11)6-7-18-21(19,20)14-9-12(17)4-5-13(14)16/h1-5,8-9,18H,6-7,17H2. The van der Waals surface area contributed by atoms with Crippen LogP contribution < -0.4 is 10.5 Å². The second-order valence-electron chi connectivity index (χ2n) is 4.47. The van der Waals surface area contributed by atoms with Gasteiger partial charge in [-0.1, -0.05) is 12.1 Å².